The summed E-state index contributed by atoms with van der Waals surface area (Å²) in [6.45, 7) is 0. The number of carbonyl (C=O) groups excluding carboxylic acids is 1. The van der Waals surface area contributed by atoms with E-state index in [0.717, 1.165) is 10.9 Å². The van der Waals surface area contributed by atoms with Crippen LogP contribution in [0.25, 0.3) is 11.2 Å². The first kappa shape index (κ1) is 12.2. The summed E-state index contributed by atoms with van der Waals surface area (Å²) in [5.74, 6) is 0. The molecule has 18 heavy (non-hydrogen) atoms. The van der Waals surface area contributed by atoms with Crippen molar-refractivity contribution in [3.63, 3.8) is 0 Å². The number of rotatable bonds is 3. The monoisotopic (exact) mass is 248 g/mol. The van der Waals surface area contributed by atoms with Crippen molar-refractivity contribution in [2.24, 2.45) is 14.1 Å². The van der Waals surface area contributed by atoms with Crippen molar-refractivity contribution in [1.29, 1.82) is 0 Å². The zero-order chi connectivity index (χ0) is 13.3. The molecule has 0 aromatic carbocycles. The first-order valence-electron chi connectivity index (χ1n) is 5.41. The lowest BCUT2D eigenvalue weighted by Crippen LogP contribution is -2.37. The third-order valence-corrected chi connectivity index (χ3v) is 2.72. The van der Waals surface area contributed by atoms with Crippen LogP contribution in [0.5, 0.6) is 0 Å². The molecule has 0 radical (unpaired) electrons. The number of hydrogen-bond acceptors (Lipinski definition) is 5. The molecule has 2 aromatic heterocycles. The molecule has 0 amide bonds. The maximum absolute atomic E-state index is 11.9. The van der Waals surface area contributed by atoms with E-state index in [0.29, 0.717) is 18.5 Å². The fraction of sp³-hybridized carbons (Fsp3) is 0.364. The quantitative estimate of drug-likeness (QED) is 0.661. The van der Waals surface area contributed by atoms with E-state index in [-0.39, 0.29) is 11.2 Å². The third-order valence-electron chi connectivity index (χ3n) is 2.72. The Morgan fingerprint density at radius 2 is 2.00 bits per heavy atom. The molecule has 94 valence electrons. The lowest BCUT2D eigenvalue weighted by molar-refractivity contribution is -0.107. The highest BCUT2D eigenvalue weighted by molar-refractivity contribution is 5.68. The number of aromatic nitrogens is 4. The van der Waals surface area contributed by atoms with Gasteiger partial charge in [0, 0.05) is 20.5 Å². The first-order valence-corrected chi connectivity index (χ1v) is 5.41. The zero-order valence-electron chi connectivity index (χ0n) is 10.1. The van der Waals surface area contributed by atoms with Crippen LogP contribution in [-0.4, -0.2) is 25.4 Å². The van der Waals surface area contributed by atoms with Gasteiger partial charge in [-0.2, -0.15) is 0 Å². The second-order valence-electron chi connectivity index (χ2n) is 3.94. The van der Waals surface area contributed by atoms with Gasteiger partial charge in [0.1, 0.15) is 6.29 Å². The summed E-state index contributed by atoms with van der Waals surface area (Å²) in [6.07, 6.45) is 3.01. The Morgan fingerprint density at radius 1 is 1.28 bits per heavy atom. The zero-order valence-corrected chi connectivity index (χ0v) is 10.1. The van der Waals surface area contributed by atoms with E-state index in [4.69, 9.17) is 0 Å². The smallest absolute Gasteiger partial charge is 0.303 e. The van der Waals surface area contributed by atoms with Crippen molar-refractivity contribution in [2.45, 2.75) is 12.8 Å². The second-order valence-corrected chi connectivity index (χ2v) is 3.94. The summed E-state index contributed by atoms with van der Waals surface area (Å²) in [5.41, 5.74) is 0.0299. The van der Waals surface area contributed by atoms with Gasteiger partial charge in [-0.3, -0.25) is 13.9 Å². The van der Waals surface area contributed by atoms with E-state index >= 15 is 0 Å². The molecule has 7 nitrogen and oxygen atoms in total. The minimum absolute atomic E-state index is 0.142. The standard InChI is InChI=1S/C11H12N4O3/c1-14-9-8(10(17)15(2)11(14)18)13-7(6-12-9)4-3-5-16/h5-6H,3-4H2,1-2H3. The molecule has 0 aliphatic heterocycles. The molecule has 0 saturated carbocycles. The van der Waals surface area contributed by atoms with Gasteiger partial charge in [-0.05, 0) is 6.42 Å². The Morgan fingerprint density at radius 3 is 2.67 bits per heavy atom. The van der Waals surface area contributed by atoms with Crippen LogP contribution in [0, 0.1) is 0 Å². The summed E-state index contributed by atoms with van der Waals surface area (Å²) in [5, 5.41) is 0. The molecular formula is C11H12N4O3. The fourth-order valence-electron chi connectivity index (χ4n) is 1.70. The van der Waals surface area contributed by atoms with Crippen LogP contribution in [0.2, 0.25) is 0 Å². The van der Waals surface area contributed by atoms with Crippen molar-refractivity contribution in [3.8, 4) is 0 Å². The molecule has 0 fully saturated rings. The van der Waals surface area contributed by atoms with Gasteiger partial charge < -0.3 is 4.79 Å². The normalized spacial score (nSPS) is 10.8. The van der Waals surface area contributed by atoms with Crippen LogP contribution in [0.15, 0.2) is 15.8 Å². The molecule has 0 unspecified atom stereocenters. The van der Waals surface area contributed by atoms with Crippen LogP contribution in [0.3, 0.4) is 0 Å². The number of fused-ring (bicyclic) bond motifs is 1. The largest absolute Gasteiger partial charge is 0.332 e. The highest BCUT2D eigenvalue weighted by atomic mass is 16.2. The van der Waals surface area contributed by atoms with E-state index in [1.165, 1.54) is 24.9 Å². The number of aldehydes is 1. The number of carbonyl (C=O) groups is 1. The molecule has 0 aliphatic carbocycles. The Balaban J connectivity index is 2.74. The molecule has 2 heterocycles. The molecular weight excluding hydrogens is 236 g/mol. The summed E-state index contributed by atoms with van der Waals surface area (Å²) in [7, 11) is 2.92. The van der Waals surface area contributed by atoms with Gasteiger partial charge in [0.2, 0.25) is 0 Å². The van der Waals surface area contributed by atoms with E-state index in [1.54, 1.807) is 0 Å². The molecule has 0 saturated heterocycles. The summed E-state index contributed by atoms with van der Waals surface area (Å²) in [4.78, 5) is 42.1. The highest BCUT2D eigenvalue weighted by Gasteiger charge is 2.11. The van der Waals surface area contributed by atoms with Gasteiger partial charge in [-0.15, -0.1) is 0 Å². The minimum atomic E-state index is -0.478. The second kappa shape index (κ2) is 4.52. The lowest BCUT2D eigenvalue weighted by atomic mass is 10.2. The van der Waals surface area contributed by atoms with Crippen LogP contribution in [-0.2, 0) is 25.3 Å². The summed E-state index contributed by atoms with van der Waals surface area (Å²) >= 11 is 0. The molecule has 0 N–H and O–H groups in total. The van der Waals surface area contributed by atoms with Crippen molar-refractivity contribution in [2.75, 3.05) is 0 Å². The lowest BCUT2D eigenvalue weighted by Gasteiger charge is -2.06. The molecule has 0 bridgehead atoms. The molecule has 0 spiro atoms. The molecule has 0 aliphatic rings. The van der Waals surface area contributed by atoms with Crippen LogP contribution in [0.1, 0.15) is 12.1 Å². The number of hydrogen-bond donors (Lipinski definition) is 0. The van der Waals surface area contributed by atoms with Crippen molar-refractivity contribution >= 4 is 17.5 Å². The maximum Gasteiger partial charge on any atom is 0.332 e. The highest BCUT2D eigenvalue weighted by Crippen LogP contribution is 2.03. The maximum atomic E-state index is 11.9. The van der Waals surface area contributed by atoms with Crippen LogP contribution in [0.4, 0.5) is 0 Å². The molecule has 0 atom stereocenters. The topological polar surface area (TPSA) is 86.8 Å². The van der Waals surface area contributed by atoms with Crippen LogP contribution >= 0.6 is 0 Å². The fourth-order valence-corrected chi connectivity index (χ4v) is 1.70. The van der Waals surface area contributed by atoms with Gasteiger partial charge in [0.15, 0.2) is 11.2 Å². The average molecular weight is 248 g/mol. The van der Waals surface area contributed by atoms with Gasteiger partial charge >= 0.3 is 5.69 Å². The van der Waals surface area contributed by atoms with Crippen molar-refractivity contribution in [1.82, 2.24) is 19.1 Å². The Hall–Kier alpha value is -2.31. The van der Waals surface area contributed by atoms with Gasteiger partial charge in [0.05, 0.1) is 11.9 Å². The molecule has 7 heteroatoms. The van der Waals surface area contributed by atoms with Crippen molar-refractivity contribution < 1.29 is 4.79 Å². The Bertz CT molecular complexity index is 729. The number of aryl methyl sites for hydroxylation is 2. The summed E-state index contributed by atoms with van der Waals surface area (Å²) in [6, 6.07) is 0. The number of nitrogens with zero attached hydrogens (tertiary/aromatic N) is 4. The van der Waals surface area contributed by atoms with E-state index in [2.05, 4.69) is 9.97 Å². The minimum Gasteiger partial charge on any atom is -0.303 e. The van der Waals surface area contributed by atoms with E-state index in [1.807, 2.05) is 0 Å². The molecule has 2 rings (SSSR count). The SMILES string of the molecule is Cn1c(=O)c2nc(CCC=O)cnc2n(C)c1=O. The van der Waals surface area contributed by atoms with Gasteiger partial charge in [0.25, 0.3) is 5.56 Å². The first-order chi connectivity index (χ1) is 8.56. The predicted molar refractivity (Wildman–Crippen MR) is 64.4 cm³/mol. The predicted octanol–water partition coefficient (Wildman–Crippen LogP) is -0.841. The van der Waals surface area contributed by atoms with Gasteiger partial charge in [-0.25, -0.2) is 14.8 Å². The Kier molecular flexibility index (Phi) is 3.05. The third kappa shape index (κ3) is 1.83. The van der Waals surface area contributed by atoms with Crippen molar-refractivity contribution in [3.05, 3.63) is 32.7 Å². The Labute approximate surface area is 102 Å². The average Bonchev–Trinajstić information content (AvgIpc) is 2.40. The van der Waals surface area contributed by atoms with E-state index < -0.39 is 11.2 Å². The van der Waals surface area contributed by atoms with E-state index in [9.17, 15) is 14.4 Å². The summed E-state index contributed by atoms with van der Waals surface area (Å²) < 4.78 is 2.26. The van der Waals surface area contributed by atoms with Crippen LogP contribution < -0.4 is 11.2 Å². The molecule has 2 aromatic rings. The van der Waals surface area contributed by atoms with Gasteiger partial charge in [-0.1, -0.05) is 0 Å².